The van der Waals surface area contributed by atoms with Gasteiger partial charge in [0.05, 0.1) is 10.8 Å². The van der Waals surface area contributed by atoms with Crippen molar-refractivity contribution in [3.05, 3.63) is 59.2 Å². The molecule has 1 atom stereocenters. The van der Waals surface area contributed by atoms with Crippen molar-refractivity contribution < 1.29 is 9.18 Å². The number of carbonyl (C=O) groups excluding carboxylic acids is 1. The number of aryl methyl sites for hydroxylation is 1. The van der Waals surface area contributed by atoms with Gasteiger partial charge in [-0.1, -0.05) is 12.1 Å². The zero-order valence-corrected chi connectivity index (χ0v) is 16.4. The number of hydrogen-bond acceptors (Lipinski definition) is 5. The van der Waals surface area contributed by atoms with Crippen LogP contribution >= 0.6 is 11.3 Å². The molecular formula is C21H21FN4OS. The number of anilines is 2. The van der Waals surface area contributed by atoms with Gasteiger partial charge in [0.25, 0.3) is 0 Å². The molecule has 7 heteroatoms. The van der Waals surface area contributed by atoms with Gasteiger partial charge < -0.3 is 10.2 Å². The van der Waals surface area contributed by atoms with Gasteiger partial charge in [0, 0.05) is 18.8 Å². The molecule has 144 valence electrons. The summed E-state index contributed by atoms with van der Waals surface area (Å²) in [6.07, 6.45) is 1.70. The summed E-state index contributed by atoms with van der Waals surface area (Å²) in [5, 5.41) is 13.5. The summed E-state index contributed by atoms with van der Waals surface area (Å²) in [6, 6.07) is 12.7. The highest BCUT2D eigenvalue weighted by Crippen LogP contribution is 2.26. The van der Waals surface area contributed by atoms with E-state index < -0.39 is 0 Å². The highest BCUT2D eigenvalue weighted by Gasteiger charge is 2.27. The Morgan fingerprint density at radius 1 is 1.25 bits per heavy atom. The number of amides is 1. The van der Waals surface area contributed by atoms with E-state index in [9.17, 15) is 9.18 Å². The average molecular weight is 396 g/mol. The van der Waals surface area contributed by atoms with Crippen LogP contribution in [0.5, 0.6) is 0 Å². The second kappa shape index (κ2) is 8.06. The lowest BCUT2D eigenvalue weighted by Gasteiger charge is -2.32. The third-order valence-corrected chi connectivity index (χ3v) is 5.87. The van der Waals surface area contributed by atoms with Crippen LogP contribution in [0.2, 0.25) is 0 Å². The SMILES string of the molecule is Cc1ccc(NC(=O)C2CCCN(c3ccc(-c4cccs4)nn3)C2)cc1F. The molecule has 28 heavy (non-hydrogen) atoms. The first kappa shape index (κ1) is 18.6. The lowest BCUT2D eigenvalue weighted by atomic mass is 9.97. The van der Waals surface area contributed by atoms with E-state index in [0.717, 1.165) is 35.8 Å². The van der Waals surface area contributed by atoms with Crippen LogP contribution in [0.3, 0.4) is 0 Å². The van der Waals surface area contributed by atoms with Crippen molar-refractivity contribution in [3.63, 3.8) is 0 Å². The largest absolute Gasteiger partial charge is 0.354 e. The van der Waals surface area contributed by atoms with E-state index in [2.05, 4.69) is 20.4 Å². The quantitative estimate of drug-likeness (QED) is 0.705. The number of rotatable bonds is 4. The highest BCUT2D eigenvalue weighted by atomic mass is 32.1. The van der Waals surface area contributed by atoms with Crippen molar-refractivity contribution in [2.24, 2.45) is 5.92 Å². The number of nitrogens with one attached hydrogen (secondary N) is 1. The zero-order chi connectivity index (χ0) is 19.5. The Bertz CT molecular complexity index is 959. The molecule has 4 rings (SSSR count). The Labute approximate surface area is 167 Å². The third kappa shape index (κ3) is 4.04. The molecular weight excluding hydrogens is 375 g/mol. The van der Waals surface area contributed by atoms with Crippen molar-refractivity contribution >= 4 is 28.7 Å². The van der Waals surface area contributed by atoms with E-state index in [1.54, 1.807) is 30.4 Å². The van der Waals surface area contributed by atoms with Crippen molar-refractivity contribution in [1.29, 1.82) is 0 Å². The minimum Gasteiger partial charge on any atom is -0.354 e. The smallest absolute Gasteiger partial charge is 0.229 e. The maximum absolute atomic E-state index is 13.7. The molecule has 1 unspecified atom stereocenters. The fourth-order valence-electron chi connectivity index (χ4n) is 3.36. The van der Waals surface area contributed by atoms with Crippen LogP contribution in [0.15, 0.2) is 47.8 Å². The Hall–Kier alpha value is -2.80. The van der Waals surface area contributed by atoms with Crippen molar-refractivity contribution in [1.82, 2.24) is 10.2 Å². The molecule has 1 aliphatic rings. The monoisotopic (exact) mass is 396 g/mol. The lowest BCUT2D eigenvalue weighted by molar-refractivity contribution is -0.120. The van der Waals surface area contributed by atoms with Crippen LogP contribution in [-0.2, 0) is 4.79 Å². The van der Waals surface area contributed by atoms with Crippen LogP contribution in [0.4, 0.5) is 15.9 Å². The Morgan fingerprint density at radius 2 is 2.14 bits per heavy atom. The lowest BCUT2D eigenvalue weighted by Crippen LogP contribution is -2.41. The number of hydrogen-bond donors (Lipinski definition) is 1. The first-order valence-electron chi connectivity index (χ1n) is 9.30. The average Bonchev–Trinajstić information content (AvgIpc) is 3.26. The molecule has 1 N–H and O–H groups in total. The highest BCUT2D eigenvalue weighted by molar-refractivity contribution is 7.13. The maximum atomic E-state index is 13.7. The molecule has 1 saturated heterocycles. The van der Waals surface area contributed by atoms with Gasteiger partial charge in [-0.2, -0.15) is 0 Å². The molecule has 1 amide bonds. The van der Waals surface area contributed by atoms with Gasteiger partial charge in [-0.05, 0) is 61.0 Å². The van der Waals surface area contributed by atoms with Crippen LogP contribution in [0, 0.1) is 18.7 Å². The Kier molecular flexibility index (Phi) is 5.34. The minimum atomic E-state index is -0.316. The number of halogens is 1. The second-order valence-corrected chi connectivity index (χ2v) is 7.94. The molecule has 0 spiro atoms. The van der Waals surface area contributed by atoms with E-state index in [-0.39, 0.29) is 17.6 Å². The third-order valence-electron chi connectivity index (χ3n) is 4.98. The number of aromatic nitrogens is 2. The van der Waals surface area contributed by atoms with E-state index in [0.29, 0.717) is 17.8 Å². The van der Waals surface area contributed by atoms with Gasteiger partial charge in [-0.25, -0.2) is 4.39 Å². The Balaban J connectivity index is 1.42. The van der Waals surface area contributed by atoms with Gasteiger partial charge in [-0.3, -0.25) is 4.79 Å². The summed E-state index contributed by atoms with van der Waals surface area (Å²) in [5.74, 6) is 0.205. The molecule has 0 aliphatic carbocycles. The van der Waals surface area contributed by atoms with Crippen LogP contribution in [-0.4, -0.2) is 29.2 Å². The van der Waals surface area contributed by atoms with E-state index >= 15 is 0 Å². The van der Waals surface area contributed by atoms with Crippen molar-refractivity contribution in [3.8, 4) is 10.6 Å². The first-order chi connectivity index (χ1) is 13.6. The fourth-order valence-corrected chi connectivity index (χ4v) is 4.05. The summed E-state index contributed by atoms with van der Waals surface area (Å²) < 4.78 is 13.7. The summed E-state index contributed by atoms with van der Waals surface area (Å²) in [5.41, 5.74) is 1.91. The van der Waals surface area contributed by atoms with Crippen LogP contribution in [0.1, 0.15) is 18.4 Å². The molecule has 0 radical (unpaired) electrons. The standard InChI is InChI=1S/C21H21FN4OS/c1-14-6-7-16(12-17(14)22)23-21(27)15-4-2-10-26(13-15)20-9-8-18(24-25-20)19-5-3-11-28-19/h3,5-9,11-12,15H,2,4,10,13H2,1H3,(H,23,27). The van der Waals surface area contributed by atoms with Gasteiger partial charge in [0.2, 0.25) is 5.91 Å². The van der Waals surface area contributed by atoms with E-state index in [1.165, 1.54) is 6.07 Å². The number of thiophene rings is 1. The van der Waals surface area contributed by atoms with Gasteiger partial charge in [0.15, 0.2) is 5.82 Å². The van der Waals surface area contributed by atoms with Gasteiger partial charge >= 0.3 is 0 Å². The van der Waals surface area contributed by atoms with Crippen LogP contribution < -0.4 is 10.2 Å². The number of piperidine rings is 1. The van der Waals surface area contributed by atoms with Gasteiger partial charge in [-0.15, -0.1) is 21.5 Å². The molecule has 1 aromatic carbocycles. The zero-order valence-electron chi connectivity index (χ0n) is 15.6. The summed E-state index contributed by atoms with van der Waals surface area (Å²) in [4.78, 5) is 15.8. The molecule has 5 nitrogen and oxygen atoms in total. The number of benzene rings is 1. The van der Waals surface area contributed by atoms with E-state index in [1.807, 2.05) is 29.6 Å². The van der Waals surface area contributed by atoms with Gasteiger partial charge in [0.1, 0.15) is 11.5 Å². The number of nitrogens with zero attached hydrogens (tertiary/aromatic N) is 3. The molecule has 2 aromatic heterocycles. The first-order valence-corrected chi connectivity index (χ1v) is 10.2. The summed E-state index contributed by atoms with van der Waals surface area (Å²) in [7, 11) is 0. The molecule has 3 aromatic rings. The normalized spacial score (nSPS) is 16.8. The Morgan fingerprint density at radius 3 is 2.86 bits per heavy atom. The van der Waals surface area contributed by atoms with Crippen molar-refractivity contribution in [2.75, 3.05) is 23.3 Å². The van der Waals surface area contributed by atoms with E-state index in [4.69, 9.17) is 0 Å². The number of carbonyl (C=O) groups is 1. The predicted molar refractivity (Wildman–Crippen MR) is 110 cm³/mol. The molecule has 1 fully saturated rings. The predicted octanol–water partition coefficient (Wildman–Crippen LogP) is 4.51. The second-order valence-electron chi connectivity index (χ2n) is 6.99. The molecule has 1 aliphatic heterocycles. The maximum Gasteiger partial charge on any atom is 0.229 e. The minimum absolute atomic E-state index is 0.0869. The topological polar surface area (TPSA) is 58.1 Å². The molecule has 0 saturated carbocycles. The molecule has 3 heterocycles. The van der Waals surface area contributed by atoms with Crippen molar-refractivity contribution in [2.45, 2.75) is 19.8 Å². The van der Waals surface area contributed by atoms with Crippen LogP contribution in [0.25, 0.3) is 10.6 Å². The fraction of sp³-hybridized carbons (Fsp3) is 0.286. The summed E-state index contributed by atoms with van der Waals surface area (Å²) >= 11 is 1.63. The summed E-state index contributed by atoms with van der Waals surface area (Å²) in [6.45, 7) is 3.12. The molecule has 0 bridgehead atoms.